The van der Waals surface area contributed by atoms with Gasteiger partial charge in [-0.3, -0.25) is 0 Å². The van der Waals surface area contributed by atoms with E-state index in [1.165, 1.54) is 0 Å². The molecule has 0 bridgehead atoms. The van der Waals surface area contributed by atoms with Gasteiger partial charge >= 0.3 is 5.25 Å². The van der Waals surface area contributed by atoms with E-state index in [1.54, 1.807) is 24.3 Å². The first-order valence-corrected chi connectivity index (χ1v) is 4.69. The Morgan fingerprint density at radius 2 is 1.85 bits per heavy atom. The lowest BCUT2D eigenvalue weighted by Crippen LogP contribution is -2.03. The Morgan fingerprint density at radius 3 is 2.31 bits per heavy atom. The van der Waals surface area contributed by atoms with Gasteiger partial charge in [-0.25, -0.2) is 0 Å². The van der Waals surface area contributed by atoms with E-state index in [4.69, 9.17) is 11.6 Å². The Bertz CT molecular complexity index is 295. The minimum Gasteiger partial charge on any atom is -0.189 e. The minimum absolute atomic E-state index is 0.445. The van der Waals surface area contributed by atoms with Crippen LogP contribution in [0.15, 0.2) is 41.8 Å². The molecule has 0 nitrogen and oxygen atoms in total. The van der Waals surface area contributed by atoms with Crippen molar-refractivity contribution in [2.24, 2.45) is 0 Å². The van der Waals surface area contributed by atoms with E-state index in [1.807, 2.05) is 0 Å². The van der Waals surface area contributed by atoms with Gasteiger partial charge in [0.05, 0.1) is 0 Å². The molecule has 0 atom stereocenters. The highest BCUT2D eigenvalue weighted by Crippen LogP contribution is 2.36. The average molecular weight is 221 g/mol. The van der Waals surface area contributed by atoms with Crippen LogP contribution >= 0.6 is 23.4 Å². The summed E-state index contributed by atoms with van der Waals surface area (Å²) < 4.78 is 25.5. The molecule has 0 aliphatic heterocycles. The van der Waals surface area contributed by atoms with Gasteiger partial charge in [0, 0.05) is 9.92 Å². The minimum atomic E-state index is -2.92. The summed E-state index contributed by atoms with van der Waals surface area (Å²) in [4.78, 5) is 0.467. The summed E-state index contributed by atoms with van der Waals surface area (Å²) >= 11 is 6.04. The SMILES string of the molecule is C=CC(F)(F)Sc1ccc(Cl)cc1. The van der Waals surface area contributed by atoms with Crippen LogP contribution in [0.3, 0.4) is 0 Å². The maximum absolute atomic E-state index is 12.8. The van der Waals surface area contributed by atoms with Crippen LogP contribution in [-0.4, -0.2) is 5.25 Å². The Morgan fingerprint density at radius 1 is 1.31 bits per heavy atom. The molecule has 0 unspecified atom stereocenters. The molecule has 1 aromatic rings. The second-order valence-electron chi connectivity index (χ2n) is 2.32. The van der Waals surface area contributed by atoms with E-state index in [0.717, 1.165) is 0 Å². The summed E-state index contributed by atoms with van der Waals surface area (Å²) in [6, 6.07) is 6.24. The summed E-state index contributed by atoms with van der Waals surface area (Å²) in [7, 11) is 0. The predicted octanol–water partition coefficient (Wildman–Crippen LogP) is 4.21. The average Bonchev–Trinajstić information content (AvgIpc) is 2.09. The van der Waals surface area contributed by atoms with Gasteiger partial charge in [-0.2, -0.15) is 8.78 Å². The number of hydrogen-bond donors (Lipinski definition) is 0. The summed E-state index contributed by atoms with van der Waals surface area (Å²) in [5, 5.41) is -2.39. The van der Waals surface area contributed by atoms with E-state index in [0.29, 0.717) is 27.8 Å². The third-order valence-corrected chi connectivity index (χ3v) is 2.50. The van der Waals surface area contributed by atoms with Gasteiger partial charge in [-0.15, -0.1) is 0 Å². The first-order chi connectivity index (χ1) is 6.03. The first-order valence-electron chi connectivity index (χ1n) is 3.49. The summed E-state index contributed by atoms with van der Waals surface area (Å²) in [5.74, 6) is 0. The molecular formula is C9H7ClF2S. The molecule has 0 saturated carbocycles. The van der Waals surface area contributed by atoms with E-state index < -0.39 is 5.25 Å². The van der Waals surface area contributed by atoms with Crippen molar-refractivity contribution >= 4 is 23.4 Å². The van der Waals surface area contributed by atoms with Crippen LogP contribution < -0.4 is 0 Å². The van der Waals surface area contributed by atoms with Crippen LogP contribution in [0.25, 0.3) is 0 Å². The molecule has 1 rings (SSSR count). The Hall–Kier alpha value is -0.540. The lowest BCUT2D eigenvalue weighted by atomic mass is 10.4. The fraction of sp³-hybridized carbons (Fsp3) is 0.111. The van der Waals surface area contributed by atoms with Crippen LogP contribution in [0, 0.1) is 0 Å². The molecule has 0 fully saturated rings. The lowest BCUT2D eigenvalue weighted by Gasteiger charge is -2.09. The largest absolute Gasteiger partial charge is 0.316 e. The monoisotopic (exact) mass is 220 g/mol. The van der Waals surface area contributed by atoms with Gasteiger partial charge in [0.2, 0.25) is 0 Å². The van der Waals surface area contributed by atoms with Crippen molar-refractivity contribution in [1.82, 2.24) is 0 Å². The highest BCUT2D eigenvalue weighted by atomic mass is 35.5. The van der Waals surface area contributed by atoms with Gasteiger partial charge in [-0.05, 0) is 42.1 Å². The summed E-state index contributed by atoms with van der Waals surface area (Å²) in [6.45, 7) is 3.05. The number of alkyl halides is 2. The molecule has 1 aromatic carbocycles. The van der Waals surface area contributed by atoms with E-state index in [2.05, 4.69) is 6.58 Å². The van der Waals surface area contributed by atoms with Crippen LogP contribution in [0.4, 0.5) is 8.78 Å². The van der Waals surface area contributed by atoms with E-state index in [9.17, 15) is 8.78 Å². The van der Waals surface area contributed by atoms with Crippen molar-refractivity contribution in [3.63, 3.8) is 0 Å². The number of rotatable bonds is 3. The van der Waals surface area contributed by atoms with Crippen LogP contribution in [0.5, 0.6) is 0 Å². The number of benzene rings is 1. The number of hydrogen-bond acceptors (Lipinski definition) is 1. The standard InChI is InChI=1S/C9H7ClF2S/c1-2-9(11,12)13-8-5-3-7(10)4-6-8/h2-6H,1H2. The van der Waals surface area contributed by atoms with Crippen molar-refractivity contribution in [2.75, 3.05) is 0 Å². The zero-order valence-corrected chi connectivity index (χ0v) is 8.21. The van der Waals surface area contributed by atoms with Crippen LogP contribution in [-0.2, 0) is 0 Å². The normalized spacial score (nSPS) is 11.3. The zero-order valence-electron chi connectivity index (χ0n) is 6.64. The fourth-order valence-electron chi connectivity index (χ4n) is 0.701. The first kappa shape index (κ1) is 10.5. The molecule has 0 radical (unpaired) electrons. The molecule has 0 aliphatic carbocycles. The van der Waals surface area contributed by atoms with E-state index >= 15 is 0 Å². The topological polar surface area (TPSA) is 0 Å². The van der Waals surface area contributed by atoms with Crippen LogP contribution in [0.1, 0.15) is 0 Å². The lowest BCUT2D eigenvalue weighted by molar-refractivity contribution is 0.163. The maximum Gasteiger partial charge on any atom is 0.316 e. The number of halogens is 3. The molecular weight excluding hydrogens is 214 g/mol. The van der Waals surface area contributed by atoms with Crippen molar-refractivity contribution in [3.05, 3.63) is 41.9 Å². The fourth-order valence-corrected chi connectivity index (χ4v) is 1.50. The van der Waals surface area contributed by atoms with Gasteiger partial charge in [0.15, 0.2) is 0 Å². The molecule has 0 amide bonds. The Labute approximate surface area is 84.6 Å². The Balaban J connectivity index is 2.75. The number of thioether (sulfide) groups is 1. The van der Waals surface area contributed by atoms with Crippen molar-refractivity contribution < 1.29 is 8.78 Å². The van der Waals surface area contributed by atoms with Gasteiger partial charge in [0.1, 0.15) is 0 Å². The van der Waals surface area contributed by atoms with Crippen LogP contribution in [0.2, 0.25) is 5.02 Å². The van der Waals surface area contributed by atoms with Gasteiger partial charge in [0.25, 0.3) is 0 Å². The molecule has 4 heteroatoms. The molecule has 70 valence electrons. The molecule has 13 heavy (non-hydrogen) atoms. The van der Waals surface area contributed by atoms with Crippen molar-refractivity contribution in [1.29, 1.82) is 0 Å². The summed E-state index contributed by atoms with van der Waals surface area (Å²) in [5.41, 5.74) is 0. The van der Waals surface area contributed by atoms with Crippen molar-refractivity contribution in [2.45, 2.75) is 10.2 Å². The molecule has 0 heterocycles. The van der Waals surface area contributed by atoms with Crippen molar-refractivity contribution in [3.8, 4) is 0 Å². The third-order valence-electron chi connectivity index (χ3n) is 1.31. The van der Waals surface area contributed by atoms with Gasteiger partial charge in [-0.1, -0.05) is 18.2 Å². The molecule has 0 N–H and O–H groups in total. The Kier molecular flexibility index (Phi) is 3.33. The second kappa shape index (κ2) is 4.11. The van der Waals surface area contributed by atoms with Gasteiger partial charge < -0.3 is 0 Å². The highest BCUT2D eigenvalue weighted by Gasteiger charge is 2.25. The predicted molar refractivity (Wildman–Crippen MR) is 52.5 cm³/mol. The summed E-state index contributed by atoms with van der Waals surface area (Å²) in [6.07, 6.45) is 0.617. The molecule has 0 saturated heterocycles. The maximum atomic E-state index is 12.8. The smallest absolute Gasteiger partial charge is 0.189 e. The quantitative estimate of drug-likeness (QED) is 0.543. The third kappa shape index (κ3) is 3.36. The van der Waals surface area contributed by atoms with E-state index in [-0.39, 0.29) is 0 Å². The zero-order chi connectivity index (χ0) is 9.90. The highest BCUT2D eigenvalue weighted by molar-refractivity contribution is 8.00. The molecule has 0 aliphatic rings. The molecule has 0 spiro atoms. The molecule has 0 aromatic heterocycles. The second-order valence-corrected chi connectivity index (χ2v) is 3.98.